The second kappa shape index (κ2) is 14.1. The Hall–Kier alpha value is -3.21. The van der Waals surface area contributed by atoms with E-state index in [2.05, 4.69) is 75.2 Å². The van der Waals surface area contributed by atoms with Crippen LogP contribution in [0.4, 0.5) is 9.59 Å². The highest BCUT2D eigenvalue weighted by Gasteiger charge is 2.41. The van der Waals surface area contributed by atoms with Gasteiger partial charge < -0.3 is 23.9 Å². The van der Waals surface area contributed by atoms with E-state index >= 15 is 0 Å². The lowest BCUT2D eigenvalue weighted by Gasteiger charge is -2.42. The number of fused-ring (bicyclic) bond motifs is 1. The first kappa shape index (κ1) is 35.1. The Morgan fingerprint density at radius 2 is 1.64 bits per heavy atom. The molecule has 0 aliphatic carbocycles. The molecular formula is C37H55N5O4Si. The Labute approximate surface area is 283 Å². The van der Waals surface area contributed by atoms with Crippen LogP contribution in [0.25, 0.3) is 5.57 Å². The van der Waals surface area contributed by atoms with Crippen molar-refractivity contribution in [3.05, 3.63) is 71.1 Å². The zero-order valence-corrected chi connectivity index (χ0v) is 30.8. The minimum atomic E-state index is -2.05. The first-order valence-electron chi connectivity index (χ1n) is 17.2. The van der Waals surface area contributed by atoms with Crippen LogP contribution in [0.5, 0.6) is 0 Å². The molecule has 0 radical (unpaired) electrons. The van der Waals surface area contributed by atoms with Crippen LogP contribution in [0.1, 0.15) is 70.3 Å². The molecule has 0 saturated carbocycles. The van der Waals surface area contributed by atoms with Gasteiger partial charge in [0.15, 0.2) is 8.32 Å². The van der Waals surface area contributed by atoms with Crippen molar-refractivity contribution in [1.82, 2.24) is 24.6 Å². The molecule has 0 spiro atoms. The second-order valence-corrected chi connectivity index (χ2v) is 20.6. The number of carbonyl (C=O) groups excluding carboxylic acids is 2. The molecule has 1 aromatic carbocycles. The van der Waals surface area contributed by atoms with Gasteiger partial charge in [-0.25, -0.2) is 9.59 Å². The molecule has 4 heterocycles. The summed E-state index contributed by atoms with van der Waals surface area (Å²) >= 11 is 0. The topological polar surface area (TPSA) is 78.5 Å². The predicted octanol–water partition coefficient (Wildman–Crippen LogP) is 6.79. The van der Waals surface area contributed by atoms with Crippen LogP contribution >= 0.6 is 0 Å². The van der Waals surface area contributed by atoms with Gasteiger partial charge in [-0.3, -0.25) is 9.88 Å². The number of ether oxygens (including phenoxy) is 1. The Bertz CT molecular complexity index is 1450. The minimum absolute atomic E-state index is 0.0440. The maximum Gasteiger partial charge on any atom is 0.410 e. The average molecular weight is 662 g/mol. The molecule has 10 heteroatoms. The highest BCUT2D eigenvalue weighted by molar-refractivity contribution is 6.74. The van der Waals surface area contributed by atoms with E-state index < -0.39 is 13.9 Å². The van der Waals surface area contributed by atoms with Crippen molar-refractivity contribution >= 4 is 26.0 Å². The maximum atomic E-state index is 13.7. The summed E-state index contributed by atoms with van der Waals surface area (Å²) in [6, 6.07) is 12.9. The lowest BCUT2D eigenvalue weighted by Crippen LogP contribution is -2.51. The normalized spacial score (nSPS) is 18.7. The van der Waals surface area contributed by atoms with Crippen molar-refractivity contribution in [3.63, 3.8) is 0 Å². The van der Waals surface area contributed by atoms with Crippen molar-refractivity contribution in [2.75, 3.05) is 45.8 Å². The van der Waals surface area contributed by atoms with Crippen molar-refractivity contribution < 1.29 is 18.8 Å². The van der Waals surface area contributed by atoms with E-state index in [1.165, 1.54) is 16.7 Å². The van der Waals surface area contributed by atoms with Crippen molar-refractivity contribution in [1.29, 1.82) is 0 Å². The lowest BCUT2D eigenvalue weighted by atomic mass is 10.00. The van der Waals surface area contributed by atoms with Gasteiger partial charge in [-0.2, -0.15) is 0 Å². The highest BCUT2D eigenvalue weighted by Crippen LogP contribution is 2.38. The van der Waals surface area contributed by atoms with Crippen LogP contribution in [0.15, 0.2) is 48.7 Å². The Morgan fingerprint density at radius 1 is 0.915 bits per heavy atom. The summed E-state index contributed by atoms with van der Waals surface area (Å²) in [6.07, 6.45) is 5.45. The summed E-state index contributed by atoms with van der Waals surface area (Å²) in [6.45, 7) is 23.4. The number of amides is 3. The van der Waals surface area contributed by atoms with Crippen LogP contribution < -0.4 is 0 Å². The fraction of sp³-hybridized carbons (Fsp3) is 0.595. The third kappa shape index (κ3) is 9.03. The maximum absolute atomic E-state index is 13.7. The molecule has 3 aliphatic rings. The summed E-state index contributed by atoms with van der Waals surface area (Å²) in [5, 5.41) is 0.0871. The fourth-order valence-corrected chi connectivity index (χ4v) is 7.58. The number of pyridine rings is 1. The zero-order chi connectivity index (χ0) is 34.0. The van der Waals surface area contributed by atoms with E-state index in [0.29, 0.717) is 39.3 Å². The fourth-order valence-electron chi connectivity index (χ4n) is 6.25. The Morgan fingerprint density at radius 3 is 2.28 bits per heavy atom. The van der Waals surface area contributed by atoms with Gasteiger partial charge in [-0.05, 0) is 80.1 Å². The summed E-state index contributed by atoms with van der Waals surface area (Å²) < 4.78 is 12.5. The highest BCUT2D eigenvalue weighted by atomic mass is 28.4. The standard InChI is InChI=1S/C37H55N5O4Si/c1-36(2,3)45-35(44)40-19-16-29(17-20-40)30-13-14-32(38-23-30)25-41-21-22-42(34(41)43)27-33(46-47(7,8)37(4,5)6)26-39-18-15-28-11-9-10-12-31(28)24-39/h9-14,16,23,33H,15,17-22,24-27H2,1-8H3/t33-/m1/s1. The minimum Gasteiger partial charge on any atom is -0.444 e. The predicted molar refractivity (Wildman–Crippen MR) is 190 cm³/mol. The van der Waals surface area contributed by atoms with Gasteiger partial charge in [0, 0.05) is 58.6 Å². The van der Waals surface area contributed by atoms with E-state index in [9.17, 15) is 9.59 Å². The number of nitrogens with zero attached hydrogens (tertiary/aromatic N) is 5. The van der Waals surface area contributed by atoms with Gasteiger partial charge in [0.25, 0.3) is 0 Å². The van der Waals surface area contributed by atoms with E-state index in [4.69, 9.17) is 14.1 Å². The van der Waals surface area contributed by atoms with E-state index in [1.807, 2.05) is 42.8 Å². The molecule has 1 aromatic heterocycles. The number of urea groups is 1. The molecule has 1 fully saturated rings. The molecule has 1 saturated heterocycles. The number of hydrogen-bond acceptors (Lipinski definition) is 6. The summed E-state index contributed by atoms with van der Waals surface area (Å²) in [4.78, 5) is 38.9. The molecule has 0 bridgehead atoms. The van der Waals surface area contributed by atoms with Gasteiger partial charge in [0.2, 0.25) is 0 Å². The molecule has 3 amide bonds. The second-order valence-electron chi connectivity index (χ2n) is 15.8. The summed E-state index contributed by atoms with van der Waals surface area (Å²) in [7, 11) is -2.05. The molecule has 0 N–H and O–H groups in total. The molecular weight excluding hydrogens is 607 g/mol. The SMILES string of the molecule is CC(C)(C)OC(=O)N1CC=C(c2ccc(CN3CCN(C[C@@H](CN4CCc5ccccc5C4)O[Si](C)(C)C(C)(C)C)C3=O)nc2)CC1. The largest absolute Gasteiger partial charge is 0.444 e. The molecule has 0 unspecified atom stereocenters. The monoisotopic (exact) mass is 661 g/mol. The molecule has 2 aromatic rings. The van der Waals surface area contributed by atoms with Gasteiger partial charge in [0.05, 0.1) is 18.3 Å². The van der Waals surface area contributed by atoms with Crippen LogP contribution in [-0.2, 0) is 28.7 Å². The molecule has 3 aliphatic heterocycles. The van der Waals surface area contributed by atoms with Gasteiger partial charge >= 0.3 is 12.1 Å². The van der Waals surface area contributed by atoms with Crippen molar-refractivity contribution in [3.8, 4) is 0 Å². The number of rotatable bonds is 9. The molecule has 256 valence electrons. The number of hydrogen-bond donors (Lipinski definition) is 0. The third-order valence-electron chi connectivity index (χ3n) is 9.95. The van der Waals surface area contributed by atoms with Gasteiger partial charge in [-0.1, -0.05) is 57.2 Å². The lowest BCUT2D eigenvalue weighted by molar-refractivity contribution is 0.0270. The first-order chi connectivity index (χ1) is 22.1. The zero-order valence-electron chi connectivity index (χ0n) is 29.8. The van der Waals surface area contributed by atoms with Crippen LogP contribution in [0.3, 0.4) is 0 Å². The van der Waals surface area contributed by atoms with Gasteiger partial charge in [-0.15, -0.1) is 0 Å². The van der Waals surface area contributed by atoms with Crippen LogP contribution in [0, 0.1) is 0 Å². The molecule has 47 heavy (non-hydrogen) atoms. The first-order valence-corrected chi connectivity index (χ1v) is 20.1. The molecule has 9 nitrogen and oxygen atoms in total. The van der Waals surface area contributed by atoms with Crippen molar-refractivity contribution in [2.24, 2.45) is 0 Å². The number of carbonyl (C=O) groups is 2. The third-order valence-corrected chi connectivity index (χ3v) is 14.5. The quantitative estimate of drug-likeness (QED) is 0.276. The van der Waals surface area contributed by atoms with Crippen LogP contribution in [-0.4, -0.2) is 103 Å². The number of benzene rings is 1. The Balaban J connectivity index is 1.18. The Kier molecular flexibility index (Phi) is 10.5. The summed E-state index contributed by atoms with van der Waals surface area (Å²) in [5.41, 5.74) is 5.44. The smallest absolute Gasteiger partial charge is 0.410 e. The van der Waals surface area contributed by atoms with E-state index in [-0.39, 0.29) is 23.3 Å². The average Bonchev–Trinajstić information content (AvgIpc) is 3.33. The van der Waals surface area contributed by atoms with Crippen LogP contribution in [0.2, 0.25) is 18.1 Å². The van der Waals surface area contributed by atoms with E-state index in [0.717, 1.165) is 43.7 Å². The van der Waals surface area contributed by atoms with Crippen molar-refractivity contribution in [2.45, 2.75) is 97.3 Å². The summed E-state index contributed by atoms with van der Waals surface area (Å²) in [5.74, 6) is 0. The van der Waals surface area contributed by atoms with E-state index in [1.54, 1.807) is 4.90 Å². The molecule has 1 atom stereocenters. The number of aromatic nitrogens is 1. The molecule has 5 rings (SSSR count). The van der Waals surface area contributed by atoms with Gasteiger partial charge in [0.1, 0.15) is 5.60 Å².